The third-order valence-corrected chi connectivity index (χ3v) is 4.04. The molecule has 0 saturated carbocycles. The highest BCUT2D eigenvalue weighted by Crippen LogP contribution is 2.24. The molecule has 0 atom stereocenters. The van der Waals surface area contributed by atoms with Crippen LogP contribution in [0.3, 0.4) is 0 Å². The topological polar surface area (TPSA) is 54.4 Å². The van der Waals surface area contributed by atoms with Crippen LogP contribution in [0.5, 0.6) is 0 Å². The number of hydrogen-bond donors (Lipinski definition) is 1. The Morgan fingerprint density at radius 3 is 2.43 bits per heavy atom. The molecule has 0 spiro atoms. The molecule has 2 aromatic carbocycles. The zero-order valence-electron chi connectivity index (χ0n) is 11.5. The highest BCUT2D eigenvalue weighted by atomic mass is 32.2. The van der Waals surface area contributed by atoms with E-state index < -0.39 is 5.97 Å². The molecule has 2 rings (SSSR count). The molecular formula is C17H16O3S. The molecule has 0 radical (unpaired) electrons. The van der Waals surface area contributed by atoms with E-state index in [1.54, 1.807) is 17.8 Å². The van der Waals surface area contributed by atoms with Gasteiger partial charge in [0.2, 0.25) is 0 Å². The number of hydrogen-bond acceptors (Lipinski definition) is 3. The van der Waals surface area contributed by atoms with Crippen LogP contribution in [0.25, 0.3) is 0 Å². The number of rotatable bonds is 7. The van der Waals surface area contributed by atoms with Crippen molar-refractivity contribution in [2.45, 2.75) is 23.5 Å². The summed E-state index contributed by atoms with van der Waals surface area (Å²) in [6, 6.07) is 17.5. The Hall–Kier alpha value is -2.07. The van der Waals surface area contributed by atoms with Crippen LogP contribution in [0.4, 0.5) is 0 Å². The lowest BCUT2D eigenvalue weighted by Crippen LogP contribution is -2.03. The first-order valence-electron chi connectivity index (χ1n) is 6.67. The zero-order valence-corrected chi connectivity index (χ0v) is 12.3. The van der Waals surface area contributed by atoms with Crippen molar-refractivity contribution in [1.82, 2.24) is 0 Å². The Morgan fingerprint density at radius 2 is 1.71 bits per heavy atom. The summed E-state index contributed by atoms with van der Waals surface area (Å²) in [4.78, 5) is 23.4. The van der Waals surface area contributed by atoms with E-state index in [9.17, 15) is 9.59 Å². The Kier molecular flexibility index (Phi) is 5.58. The van der Waals surface area contributed by atoms with Gasteiger partial charge in [-0.25, -0.2) is 0 Å². The standard InChI is InChI=1S/C17H16O3S/c18-16(9-10-17(19)20)14-7-4-8-15(11-14)21-12-13-5-2-1-3-6-13/h1-8,11H,9-10,12H2,(H,19,20). The van der Waals surface area contributed by atoms with Crippen molar-refractivity contribution in [3.63, 3.8) is 0 Å². The van der Waals surface area contributed by atoms with E-state index in [-0.39, 0.29) is 18.6 Å². The molecule has 0 aliphatic heterocycles. The predicted molar refractivity (Wildman–Crippen MR) is 83.6 cm³/mol. The van der Waals surface area contributed by atoms with E-state index in [0.29, 0.717) is 5.56 Å². The van der Waals surface area contributed by atoms with Gasteiger partial charge < -0.3 is 5.11 Å². The van der Waals surface area contributed by atoms with Crippen LogP contribution in [0.2, 0.25) is 0 Å². The number of Topliss-reactive ketones (excluding diaryl/α,β-unsaturated/α-hetero) is 1. The minimum Gasteiger partial charge on any atom is -0.481 e. The maximum absolute atomic E-state index is 11.9. The molecule has 4 heteroatoms. The van der Waals surface area contributed by atoms with Crippen LogP contribution in [0.15, 0.2) is 59.5 Å². The van der Waals surface area contributed by atoms with Gasteiger partial charge in [-0.2, -0.15) is 0 Å². The van der Waals surface area contributed by atoms with Gasteiger partial charge in [0.1, 0.15) is 0 Å². The van der Waals surface area contributed by atoms with E-state index in [4.69, 9.17) is 5.11 Å². The summed E-state index contributed by atoms with van der Waals surface area (Å²) in [6.45, 7) is 0. The fourth-order valence-electron chi connectivity index (χ4n) is 1.87. The van der Waals surface area contributed by atoms with Crippen molar-refractivity contribution in [3.8, 4) is 0 Å². The third-order valence-electron chi connectivity index (χ3n) is 2.97. The zero-order chi connectivity index (χ0) is 15.1. The molecule has 0 aliphatic carbocycles. The van der Waals surface area contributed by atoms with Gasteiger partial charge in [0.15, 0.2) is 5.78 Å². The predicted octanol–water partition coefficient (Wildman–Crippen LogP) is 4.03. The maximum atomic E-state index is 11.9. The van der Waals surface area contributed by atoms with Crippen LogP contribution >= 0.6 is 11.8 Å². The number of aliphatic carboxylic acids is 1. The van der Waals surface area contributed by atoms with Crippen LogP contribution in [-0.4, -0.2) is 16.9 Å². The van der Waals surface area contributed by atoms with Crippen molar-refractivity contribution >= 4 is 23.5 Å². The summed E-state index contributed by atoms with van der Waals surface area (Å²) in [5, 5.41) is 8.62. The quantitative estimate of drug-likeness (QED) is 0.619. The average molecular weight is 300 g/mol. The number of ketones is 1. The second-order valence-electron chi connectivity index (χ2n) is 4.62. The molecule has 0 heterocycles. The van der Waals surface area contributed by atoms with Gasteiger partial charge in [0.05, 0.1) is 6.42 Å². The van der Waals surface area contributed by atoms with Crippen LogP contribution in [-0.2, 0) is 10.5 Å². The van der Waals surface area contributed by atoms with E-state index >= 15 is 0 Å². The minimum atomic E-state index is -0.946. The molecule has 21 heavy (non-hydrogen) atoms. The van der Waals surface area contributed by atoms with Gasteiger partial charge in [0.25, 0.3) is 0 Å². The van der Waals surface area contributed by atoms with Crippen molar-refractivity contribution < 1.29 is 14.7 Å². The van der Waals surface area contributed by atoms with Crippen molar-refractivity contribution in [2.75, 3.05) is 0 Å². The number of carbonyl (C=O) groups is 2. The Morgan fingerprint density at radius 1 is 0.952 bits per heavy atom. The van der Waals surface area contributed by atoms with Crippen molar-refractivity contribution in [3.05, 3.63) is 65.7 Å². The molecule has 108 valence electrons. The Labute approximate surface area is 128 Å². The number of carboxylic acid groups (broad SMARTS) is 1. The van der Waals surface area contributed by atoms with Crippen molar-refractivity contribution in [2.24, 2.45) is 0 Å². The lowest BCUT2D eigenvalue weighted by molar-refractivity contribution is -0.136. The van der Waals surface area contributed by atoms with Crippen LogP contribution in [0.1, 0.15) is 28.8 Å². The van der Waals surface area contributed by atoms with Crippen LogP contribution < -0.4 is 0 Å². The summed E-state index contributed by atoms with van der Waals surface area (Å²) in [5.41, 5.74) is 1.81. The second-order valence-corrected chi connectivity index (χ2v) is 5.67. The summed E-state index contributed by atoms with van der Waals surface area (Å²) < 4.78 is 0. The van der Waals surface area contributed by atoms with Gasteiger partial charge >= 0.3 is 5.97 Å². The molecule has 3 nitrogen and oxygen atoms in total. The number of carboxylic acids is 1. The monoisotopic (exact) mass is 300 g/mol. The minimum absolute atomic E-state index is 0.0438. The largest absolute Gasteiger partial charge is 0.481 e. The highest BCUT2D eigenvalue weighted by Gasteiger charge is 2.09. The summed E-state index contributed by atoms with van der Waals surface area (Å²) in [6.07, 6.45) is -0.0810. The second kappa shape index (κ2) is 7.64. The first-order valence-corrected chi connectivity index (χ1v) is 7.65. The van der Waals surface area contributed by atoms with E-state index in [1.165, 1.54) is 5.56 Å². The molecule has 0 aliphatic rings. The van der Waals surface area contributed by atoms with Crippen LogP contribution in [0, 0.1) is 0 Å². The maximum Gasteiger partial charge on any atom is 0.303 e. The summed E-state index contributed by atoms with van der Waals surface area (Å²) >= 11 is 1.66. The van der Waals surface area contributed by atoms with E-state index in [2.05, 4.69) is 12.1 Å². The molecule has 0 amide bonds. The SMILES string of the molecule is O=C(O)CCC(=O)c1cccc(SCc2ccccc2)c1. The van der Waals surface area contributed by atoms with Gasteiger partial charge in [-0.1, -0.05) is 42.5 Å². The van der Waals surface area contributed by atoms with Gasteiger partial charge in [-0.05, 0) is 17.7 Å². The highest BCUT2D eigenvalue weighted by molar-refractivity contribution is 7.98. The number of carbonyl (C=O) groups excluding carboxylic acids is 1. The summed E-state index contributed by atoms with van der Waals surface area (Å²) in [7, 11) is 0. The fraction of sp³-hybridized carbons (Fsp3) is 0.176. The van der Waals surface area contributed by atoms with Gasteiger partial charge in [-0.15, -0.1) is 11.8 Å². The van der Waals surface area contributed by atoms with Gasteiger partial charge in [-0.3, -0.25) is 9.59 Å². The first-order chi connectivity index (χ1) is 10.1. The lowest BCUT2D eigenvalue weighted by atomic mass is 10.1. The molecule has 0 aromatic heterocycles. The normalized spacial score (nSPS) is 10.3. The molecular weight excluding hydrogens is 284 g/mol. The average Bonchev–Trinajstić information content (AvgIpc) is 2.52. The molecule has 1 N–H and O–H groups in total. The van der Waals surface area contributed by atoms with E-state index in [1.807, 2.05) is 36.4 Å². The molecule has 0 bridgehead atoms. The Bertz CT molecular complexity index is 623. The summed E-state index contributed by atoms with van der Waals surface area (Å²) in [5.74, 6) is -0.231. The van der Waals surface area contributed by atoms with Crippen molar-refractivity contribution in [1.29, 1.82) is 0 Å². The molecule has 0 unspecified atom stereocenters. The third kappa shape index (κ3) is 5.08. The molecule has 2 aromatic rings. The smallest absolute Gasteiger partial charge is 0.303 e. The molecule has 0 saturated heterocycles. The van der Waals surface area contributed by atoms with Gasteiger partial charge in [0, 0.05) is 22.6 Å². The Balaban J connectivity index is 1.97. The number of thioether (sulfide) groups is 1. The first kappa shape index (κ1) is 15.3. The molecule has 0 fully saturated rings. The fourth-order valence-corrected chi connectivity index (χ4v) is 2.78. The lowest BCUT2D eigenvalue weighted by Gasteiger charge is -2.05. The van der Waals surface area contributed by atoms with E-state index in [0.717, 1.165) is 10.6 Å². The number of benzene rings is 2.